The summed E-state index contributed by atoms with van der Waals surface area (Å²) in [7, 11) is 0. The standard InChI is InChI=1S/C11H13F3N2O2/c1-6(10(17)18)5-16-8(7-2-3-7)4-9(15-16)11(12,13)14/h4,6-7H,2-3,5H2,1H3,(H,17,18). The van der Waals surface area contributed by atoms with Crippen LogP contribution in [0.4, 0.5) is 13.2 Å². The van der Waals surface area contributed by atoms with Gasteiger partial charge in [-0.3, -0.25) is 9.48 Å². The van der Waals surface area contributed by atoms with E-state index in [0.29, 0.717) is 5.69 Å². The molecule has 4 nitrogen and oxygen atoms in total. The van der Waals surface area contributed by atoms with E-state index in [-0.39, 0.29) is 12.5 Å². The zero-order chi connectivity index (χ0) is 13.5. The molecule has 0 bridgehead atoms. The molecule has 7 heteroatoms. The molecule has 1 saturated carbocycles. The fraction of sp³-hybridized carbons (Fsp3) is 0.636. The maximum absolute atomic E-state index is 12.6. The number of carboxylic acids is 1. The number of hydrogen-bond donors (Lipinski definition) is 1. The number of hydrogen-bond acceptors (Lipinski definition) is 2. The summed E-state index contributed by atoms with van der Waals surface area (Å²) >= 11 is 0. The summed E-state index contributed by atoms with van der Waals surface area (Å²) < 4.78 is 38.9. The molecule has 0 saturated heterocycles. The van der Waals surface area contributed by atoms with Gasteiger partial charge in [-0.25, -0.2) is 0 Å². The molecule has 0 spiro atoms. The van der Waals surface area contributed by atoms with E-state index in [1.807, 2.05) is 0 Å². The largest absolute Gasteiger partial charge is 0.481 e. The van der Waals surface area contributed by atoms with Crippen LogP contribution in [0.3, 0.4) is 0 Å². The molecule has 1 N–H and O–H groups in total. The molecular weight excluding hydrogens is 249 g/mol. The second-order valence-electron chi connectivity index (χ2n) is 4.65. The number of aliphatic carboxylic acids is 1. The molecule has 1 unspecified atom stereocenters. The highest BCUT2D eigenvalue weighted by Gasteiger charge is 2.38. The Morgan fingerprint density at radius 2 is 2.22 bits per heavy atom. The second kappa shape index (κ2) is 4.29. The fourth-order valence-electron chi connectivity index (χ4n) is 1.76. The predicted octanol–water partition coefficient (Wildman–Crippen LogP) is 2.50. The van der Waals surface area contributed by atoms with Gasteiger partial charge in [0.1, 0.15) is 0 Å². The molecular formula is C11H13F3N2O2. The third kappa shape index (κ3) is 2.65. The van der Waals surface area contributed by atoms with E-state index in [0.717, 1.165) is 18.9 Å². The van der Waals surface area contributed by atoms with Crippen LogP contribution < -0.4 is 0 Å². The first kappa shape index (κ1) is 12.9. The third-order valence-electron chi connectivity index (χ3n) is 2.97. The molecule has 1 fully saturated rings. The number of nitrogens with zero attached hydrogens (tertiary/aromatic N) is 2. The van der Waals surface area contributed by atoms with Crippen LogP contribution in [0, 0.1) is 5.92 Å². The SMILES string of the molecule is CC(Cn1nc(C(F)(F)F)cc1C1CC1)C(=O)O. The molecule has 0 aliphatic heterocycles. The number of aromatic nitrogens is 2. The summed E-state index contributed by atoms with van der Waals surface area (Å²) in [4.78, 5) is 10.7. The van der Waals surface area contributed by atoms with Crippen LogP contribution in [0.5, 0.6) is 0 Å². The third-order valence-corrected chi connectivity index (χ3v) is 2.97. The molecule has 1 aliphatic carbocycles. The smallest absolute Gasteiger partial charge is 0.435 e. The van der Waals surface area contributed by atoms with Crippen molar-refractivity contribution in [1.29, 1.82) is 0 Å². The van der Waals surface area contributed by atoms with Crippen LogP contribution >= 0.6 is 0 Å². The highest BCUT2D eigenvalue weighted by atomic mass is 19.4. The minimum Gasteiger partial charge on any atom is -0.481 e. The van der Waals surface area contributed by atoms with Crippen molar-refractivity contribution in [2.24, 2.45) is 5.92 Å². The van der Waals surface area contributed by atoms with Crippen molar-refractivity contribution >= 4 is 5.97 Å². The Kier molecular flexibility index (Phi) is 3.08. The van der Waals surface area contributed by atoms with Gasteiger partial charge in [0.05, 0.1) is 12.5 Å². The number of carboxylic acid groups (broad SMARTS) is 1. The molecule has 1 atom stereocenters. The molecule has 100 valence electrons. The van der Waals surface area contributed by atoms with E-state index < -0.39 is 23.8 Å². The lowest BCUT2D eigenvalue weighted by Crippen LogP contribution is -2.19. The molecule has 1 aromatic heterocycles. The molecule has 18 heavy (non-hydrogen) atoms. The number of alkyl halides is 3. The van der Waals surface area contributed by atoms with Gasteiger partial charge in [0.25, 0.3) is 0 Å². The van der Waals surface area contributed by atoms with Gasteiger partial charge in [0, 0.05) is 11.6 Å². The van der Waals surface area contributed by atoms with E-state index in [2.05, 4.69) is 5.10 Å². The molecule has 0 radical (unpaired) electrons. The highest BCUT2D eigenvalue weighted by molar-refractivity contribution is 5.69. The zero-order valence-electron chi connectivity index (χ0n) is 9.74. The van der Waals surface area contributed by atoms with E-state index in [9.17, 15) is 18.0 Å². The Hall–Kier alpha value is -1.53. The summed E-state index contributed by atoms with van der Waals surface area (Å²) in [5.41, 5.74) is -0.447. The van der Waals surface area contributed by atoms with Crippen molar-refractivity contribution in [2.45, 2.75) is 38.4 Å². The van der Waals surface area contributed by atoms with Crippen LogP contribution in [-0.2, 0) is 17.5 Å². The van der Waals surface area contributed by atoms with Gasteiger partial charge < -0.3 is 5.11 Å². The van der Waals surface area contributed by atoms with Gasteiger partial charge in [-0.1, -0.05) is 6.92 Å². The fourth-order valence-corrected chi connectivity index (χ4v) is 1.76. The van der Waals surface area contributed by atoms with Crippen molar-refractivity contribution < 1.29 is 23.1 Å². The maximum Gasteiger partial charge on any atom is 0.435 e. The van der Waals surface area contributed by atoms with Gasteiger partial charge in [0.2, 0.25) is 0 Å². The van der Waals surface area contributed by atoms with E-state index in [1.54, 1.807) is 0 Å². The first-order chi connectivity index (χ1) is 8.29. The molecule has 1 heterocycles. The number of rotatable bonds is 4. The monoisotopic (exact) mass is 262 g/mol. The molecule has 1 aromatic rings. The van der Waals surface area contributed by atoms with Gasteiger partial charge >= 0.3 is 12.1 Å². The first-order valence-corrected chi connectivity index (χ1v) is 5.66. The lowest BCUT2D eigenvalue weighted by atomic mass is 10.2. The van der Waals surface area contributed by atoms with E-state index in [1.165, 1.54) is 11.6 Å². The quantitative estimate of drug-likeness (QED) is 0.907. The van der Waals surface area contributed by atoms with Crippen LogP contribution in [0.1, 0.15) is 37.1 Å². The summed E-state index contributed by atoms with van der Waals surface area (Å²) in [6, 6.07) is 1.03. The zero-order valence-corrected chi connectivity index (χ0v) is 9.74. The Balaban J connectivity index is 2.27. The Morgan fingerprint density at radius 3 is 2.67 bits per heavy atom. The first-order valence-electron chi connectivity index (χ1n) is 5.66. The normalized spacial score (nSPS) is 17.8. The molecule has 1 aliphatic rings. The summed E-state index contributed by atoms with van der Waals surface area (Å²) in [6.45, 7) is 1.42. The van der Waals surface area contributed by atoms with Crippen molar-refractivity contribution in [1.82, 2.24) is 9.78 Å². The lowest BCUT2D eigenvalue weighted by molar-refractivity contribution is -0.141. The van der Waals surface area contributed by atoms with Crippen LogP contribution in [0.15, 0.2) is 6.07 Å². The lowest BCUT2D eigenvalue weighted by Gasteiger charge is -2.09. The van der Waals surface area contributed by atoms with Crippen LogP contribution in [0.25, 0.3) is 0 Å². The summed E-state index contributed by atoms with van der Waals surface area (Å²) in [5.74, 6) is -1.71. The van der Waals surface area contributed by atoms with Gasteiger partial charge in [-0.15, -0.1) is 0 Å². The van der Waals surface area contributed by atoms with Crippen LogP contribution in [-0.4, -0.2) is 20.9 Å². The minimum atomic E-state index is -4.48. The maximum atomic E-state index is 12.6. The minimum absolute atomic E-state index is 0.0305. The van der Waals surface area contributed by atoms with Gasteiger partial charge in [-0.05, 0) is 18.9 Å². The Labute approximate surface area is 101 Å². The van der Waals surface area contributed by atoms with Crippen molar-refractivity contribution in [3.63, 3.8) is 0 Å². The molecule has 0 aromatic carbocycles. The highest BCUT2D eigenvalue weighted by Crippen LogP contribution is 2.42. The summed E-state index contributed by atoms with van der Waals surface area (Å²) in [6.07, 6.45) is -2.81. The van der Waals surface area contributed by atoms with Gasteiger partial charge in [0.15, 0.2) is 5.69 Å². The van der Waals surface area contributed by atoms with Crippen LogP contribution in [0.2, 0.25) is 0 Å². The Morgan fingerprint density at radius 1 is 1.61 bits per heavy atom. The molecule has 0 amide bonds. The van der Waals surface area contributed by atoms with Crippen molar-refractivity contribution in [3.05, 3.63) is 17.5 Å². The molecule has 2 rings (SSSR count). The second-order valence-corrected chi connectivity index (χ2v) is 4.65. The van der Waals surface area contributed by atoms with E-state index in [4.69, 9.17) is 5.11 Å². The topological polar surface area (TPSA) is 55.1 Å². The predicted molar refractivity (Wildman–Crippen MR) is 56.0 cm³/mol. The average Bonchev–Trinajstić information content (AvgIpc) is 2.98. The Bertz CT molecular complexity index is 463. The van der Waals surface area contributed by atoms with Gasteiger partial charge in [-0.2, -0.15) is 18.3 Å². The average molecular weight is 262 g/mol. The van der Waals surface area contributed by atoms with Crippen molar-refractivity contribution in [3.8, 4) is 0 Å². The summed E-state index contributed by atoms with van der Waals surface area (Å²) in [5, 5.41) is 12.3. The van der Waals surface area contributed by atoms with Crippen molar-refractivity contribution in [2.75, 3.05) is 0 Å². The number of halogens is 3. The van der Waals surface area contributed by atoms with E-state index >= 15 is 0 Å². The number of carbonyl (C=O) groups is 1.